The number of nitrogens with zero attached hydrogens (tertiary/aromatic N) is 1. The van der Waals surface area contributed by atoms with E-state index in [9.17, 15) is 14.4 Å². The van der Waals surface area contributed by atoms with Crippen LogP contribution in [0.2, 0.25) is 20.1 Å². The normalized spacial score (nSPS) is 13.0. The number of rotatable bonds is 3. The van der Waals surface area contributed by atoms with Crippen molar-refractivity contribution in [2.24, 2.45) is 0 Å². The Hall–Kier alpha value is -1.89. The zero-order chi connectivity index (χ0) is 22.6. The molecule has 156 valence electrons. The third kappa shape index (κ3) is 3.59. The highest BCUT2D eigenvalue weighted by atomic mass is 79.9. The van der Waals surface area contributed by atoms with Crippen LogP contribution in [0.3, 0.4) is 0 Å². The number of benzene rings is 3. The lowest BCUT2D eigenvalue weighted by Crippen LogP contribution is -2.31. The summed E-state index contributed by atoms with van der Waals surface area (Å²) in [6.45, 7) is 1.80. The second-order valence-electron chi connectivity index (χ2n) is 6.81. The number of amides is 2. The molecule has 9 heteroatoms. The SMILES string of the molecule is Cc1ccc(N2C(=O)c3c(Cl)c(Cl)c(Cl)c(Cl)c3C2=O)c(C(=O)c2ccc(Br)cc2)c1. The van der Waals surface area contributed by atoms with Crippen molar-refractivity contribution in [3.05, 3.63) is 94.8 Å². The van der Waals surface area contributed by atoms with Gasteiger partial charge in [0.2, 0.25) is 0 Å². The van der Waals surface area contributed by atoms with Crippen LogP contribution in [0.5, 0.6) is 0 Å². The van der Waals surface area contributed by atoms with Gasteiger partial charge in [0.05, 0.1) is 36.9 Å². The molecule has 1 aliphatic rings. The van der Waals surface area contributed by atoms with Gasteiger partial charge >= 0.3 is 0 Å². The molecule has 2 amide bonds. The number of carbonyl (C=O) groups excluding carboxylic acids is 3. The van der Waals surface area contributed by atoms with Gasteiger partial charge in [0.1, 0.15) is 0 Å². The highest BCUT2D eigenvalue weighted by Crippen LogP contribution is 2.46. The monoisotopic (exact) mass is 555 g/mol. The summed E-state index contributed by atoms with van der Waals surface area (Å²) in [5, 5.41) is -0.574. The second-order valence-corrected chi connectivity index (χ2v) is 9.24. The van der Waals surface area contributed by atoms with Crippen molar-refractivity contribution < 1.29 is 14.4 Å². The molecule has 1 aliphatic heterocycles. The summed E-state index contributed by atoms with van der Waals surface area (Å²) in [7, 11) is 0. The molecule has 0 aromatic heterocycles. The zero-order valence-electron chi connectivity index (χ0n) is 15.6. The number of anilines is 1. The van der Waals surface area contributed by atoms with E-state index in [1.54, 1.807) is 43.3 Å². The van der Waals surface area contributed by atoms with Gasteiger partial charge in [0.15, 0.2) is 5.78 Å². The Balaban J connectivity index is 1.90. The van der Waals surface area contributed by atoms with Crippen molar-refractivity contribution in [1.82, 2.24) is 0 Å². The van der Waals surface area contributed by atoms with Crippen LogP contribution in [-0.4, -0.2) is 17.6 Å². The van der Waals surface area contributed by atoms with Gasteiger partial charge in [0, 0.05) is 15.6 Å². The van der Waals surface area contributed by atoms with Crippen LogP contribution in [-0.2, 0) is 0 Å². The Kier molecular flexibility index (Phi) is 5.92. The van der Waals surface area contributed by atoms with Gasteiger partial charge in [-0.2, -0.15) is 0 Å². The molecule has 0 aliphatic carbocycles. The zero-order valence-corrected chi connectivity index (χ0v) is 20.2. The molecule has 3 aromatic rings. The molecule has 0 unspecified atom stereocenters. The van der Waals surface area contributed by atoms with Crippen LogP contribution in [0.4, 0.5) is 5.69 Å². The van der Waals surface area contributed by atoms with E-state index in [1.807, 2.05) is 0 Å². The van der Waals surface area contributed by atoms with Crippen molar-refractivity contribution in [2.45, 2.75) is 6.92 Å². The third-order valence-corrected chi connectivity index (χ3v) is 7.18. The Bertz CT molecular complexity index is 1260. The third-order valence-electron chi connectivity index (χ3n) is 4.85. The predicted octanol–water partition coefficient (Wildman–Crippen LogP) is 7.40. The van der Waals surface area contributed by atoms with Crippen molar-refractivity contribution in [3.8, 4) is 0 Å². The molecule has 0 saturated heterocycles. The number of imide groups is 1. The smallest absolute Gasteiger partial charge is 0.267 e. The molecule has 3 aromatic carbocycles. The van der Waals surface area contributed by atoms with Gasteiger partial charge in [-0.15, -0.1) is 0 Å². The van der Waals surface area contributed by atoms with Crippen molar-refractivity contribution >= 4 is 85.6 Å². The molecule has 0 atom stereocenters. The summed E-state index contributed by atoms with van der Waals surface area (Å²) in [5.74, 6) is -1.82. The van der Waals surface area contributed by atoms with E-state index in [0.717, 1.165) is 14.9 Å². The molecule has 1 heterocycles. The lowest BCUT2D eigenvalue weighted by molar-refractivity contribution is 0.0926. The largest absolute Gasteiger partial charge is 0.289 e. The fraction of sp³-hybridized carbons (Fsp3) is 0.0455. The molecule has 0 spiro atoms. The molecule has 0 radical (unpaired) electrons. The van der Waals surface area contributed by atoms with Gasteiger partial charge in [-0.1, -0.05) is 74.0 Å². The molecular formula is C22H10BrCl4NO3. The lowest BCUT2D eigenvalue weighted by Gasteiger charge is -2.18. The van der Waals surface area contributed by atoms with Crippen LogP contribution < -0.4 is 4.90 Å². The van der Waals surface area contributed by atoms with Gasteiger partial charge in [-0.05, 0) is 43.3 Å². The number of carbonyl (C=O) groups is 3. The van der Waals surface area contributed by atoms with E-state index in [2.05, 4.69) is 15.9 Å². The van der Waals surface area contributed by atoms with Gasteiger partial charge in [0.25, 0.3) is 11.8 Å². The van der Waals surface area contributed by atoms with Gasteiger partial charge in [-0.25, -0.2) is 4.90 Å². The van der Waals surface area contributed by atoms with Crippen LogP contribution in [0.15, 0.2) is 46.9 Å². The molecule has 0 bridgehead atoms. The first-order valence-electron chi connectivity index (χ1n) is 8.79. The fourth-order valence-corrected chi connectivity index (χ4v) is 4.63. The maximum Gasteiger partial charge on any atom is 0.267 e. The Morgan fingerprint density at radius 2 is 1.32 bits per heavy atom. The number of halogens is 5. The minimum atomic E-state index is -0.737. The summed E-state index contributed by atoms with van der Waals surface area (Å²) < 4.78 is 0.812. The number of aryl methyl sites for hydroxylation is 1. The van der Waals surface area contributed by atoms with Crippen LogP contribution in [0.1, 0.15) is 42.2 Å². The van der Waals surface area contributed by atoms with Crippen molar-refractivity contribution in [1.29, 1.82) is 0 Å². The fourth-order valence-electron chi connectivity index (χ4n) is 3.35. The van der Waals surface area contributed by atoms with Gasteiger partial charge in [-0.3, -0.25) is 14.4 Å². The van der Waals surface area contributed by atoms with Gasteiger partial charge < -0.3 is 0 Å². The van der Waals surface area contributed by atoms with Crippen LogP contribution in [0.25, 0.3) is 0 Å². The topological polar surface area (TPSA) is 54.5 Å². The summed E-state index contributed by atoms with van der Waals surface area (Å²) in [6, 6.07) is 11.6. The molecular weight excluding hydrogens is 548 g/mol. The average molecular weight is 558 g/mol. The first kappa shape index (κ1) is 22.3. The Morgan fingerprint density at radius 3 is 1.84 bits per heavy atom. The first-order valence-corrected chi connectivity index (χ1v) is 11.1. The minimum Gasteiger partial charge on any atom is -0.289 e. The molecule has 0 fully saturated rings. The first-order chi connectivity index (χ1) is 14.6. The van der Waals surface area contributed by atoms with E-state index in [1.165, 1.54) is 6.07 Å². The van der Waals surface area contributed by atoms with E-state index in [4.69, 9.17) is 46.4 Å². The Labute approximate surface area is 205 Å². The summed E-state index contributed by atoms with van der Waals surface area (Å²) in [5.41, 5.74) is 1.18. The number of ketones is 1. The number of hydrogen-bond donors (Lipinski definition) is 0. The number of hydrogen-bond acceptors (Lipinski definition) is 3. The molecule has 4 rings (SSSR count). The van der Waals surface area contributed by atoms with Crippen molar-refractivity contribution in [3.63, 3.8) is 0 Å². The summed E-state index contributed by atoms with van der Waals surface area (Å²) >= 11 is 27.9. The maximum absolute atomic E-state index is 13.3. The van der Waals surface area contributed by atoms with E-state index in [0.29, 0.717) is 5.56 Å². The second kappa shape index (κ2) is 8.23. The maximum atomic E-state index is 13.3. The average Bonchev–Trinajstić information content (AvgIpc) is 3.01. The molecule has 0 saturated carbocycles. The number of fused-ring (bicyclic) bond motifs is 1. The standard InChI is InChI=1S/C22H10BrCl4NO3/c1-9-2-7-13(12(8-9)20(29)10-3-5-11(23)6-4-10)28-21(30)14-15(22(28)31)17(25)19(27)18(26)16(14)24/h2-8H,1H3. The minimum absolute atomic E-state index is 0.115. The quantitative estimate of drug-likeness (QED) is 0.146. The summed E-state index contributed by atoms with van der Waals surface area (Å²) in [6.07, 6.45) is 0. The van der Waals surface area contributed by atoms with Crippen molar-refractivity contribution in [2.75, 3.05) is 4.90 Å². The van der Waals surface area contributed by atoms with E-state index >= 15 is 0 Å². The van der Waals surface area contributed by atoms with E-state index < -0.39 is 11.8 Å². The predicted molar refractivity (Wildman–Crippen MR) is 126 cm³/mol. The van der Waals surface area contributed by atoms with Crippen LogP contribution >= 0.6 is 62.3 Å². The highest BCUT2D eigenvalue weighted by Gasteiger charge is 2.43. The Morgan fingerprint density at radius 1 is 0.806 bits per heavy atom. The summed E-state index contributed by atoms with van der Waals surface area (Å²) in [4.78, 5) is 40.6. The highest BCUT2D eigenvalue weighted by molar-refractivity contribution is 9.10. The molecule has 31 heavy (non-hydrogen) atoms. The lowest BCUT2D eigenvalue weighted by atomic mass is 9.99. The molecule has 4 nitrogen and oxygen atoms in total. The molecule has 0 N–H and O–H groups in total. The van der Waals surface area contributed by atoms with E-state index in [-0.39, 0.29) is 48.3 Å². The van der Waals surface area contributed by atoms with Crippen LogP contribution in [0, 0.1) is 6.92 Å².